The Hall–Kier alpha value is -0.500. The van der Waals surface area contributed by atoms with Crippen molar-refractivity contribution in [3.63, 3.8) is 0 Å². The van der Waals surface area contributed by atoms with Gasteiger partial charge in [-0.2, -0.15) is 0 Å². The van der Waals surface area contributed by atoms with Crippen LogP contribution in [0.2, 0.25) is 0 Å². The SMILES string of the molecule is O/C=C1\CCCN2CCCC[C@H]12. The third kappa shape index (κ3) is 1.36. The maximum atomic E-state index is 9.04. The molecule has 0 aromatic heterocycles. The molecule has 0 spiro atoms. The zero-order valence-corrected chi connectivity index (χ0v) is 7.50. The summed E-state index contributed by atoms with van der Waals surface area (Å²) in [6, 6.07) is 0.581. The van der Waals surface area contributed by atoms with Crippen molar-refractivity contribution in [3.05, 3.63) is 11.8 Å². The van der Waals surface area contributed by atoms with Crippen molar-refractivity contribution in [1.29, 1.82) is 0 Å². The molecule has 68 valence electrons. The van der Waals surface area contributed by atoms with Gasteiger partial charge in [0.05, 0.1) is 6.26 Å². The van der Waals surface area contributed by atoms with Gasteiger partial charge in [-0.1, -0.05) is 6.42 Å². The van der Waals surface area contributed by atoms with E-state index in [9.17, 15) is 0 Å². The van der Waals surface area contributed by atoms with Crippen molar-refractivity contribution < 1.29 is 5.11 Å². The molecule has 0 aromatic rings. The Balaban J connectivity index is 2.09. The normalized spacial score (nSPS) is 35.0. The summed E-state index contributed by atoms with van der Waals surface area (Å²) in [6.45, 7) is 2.48. The number of nitrogens with zero attached hydrogens (tertiary/aromatic N) is 1. The Bertz CT molecular complexity index is 186. The van der Waals surface area contributed by atoms with Gasteiger partial charge < -0.3 is 5.11 Å². The van der Waals surface area contributed by atoms with Crippen molar-refractivity contribution in [2.45, 2.75) is 38.1 Å². The van der Waals surface area contributed by atoms with E-state index in [4.69, 9.17) is 5.11 Å². The molecule has 0 aliphatic carbocycles. The lowest BCUT2D eigenvalue weighted by atomic mass is 9.89. The number of hydrogen-bond donors (Lipinski definition) is 1. The molecule has 2 heterocycles. The Kier molecular flexibility index (Phi) is 2.35. The quantitative estimate of drug-likeness (QED) is 0.558. The molecule has 1 atom stereocenters. The van der Waals surface area contributed by atoms with Crippen molar-refractivity contribution >= 4 is 0 Å². The first-order chi connectivity index (χ1) is 5.92. The van der Waals surface area contributed by atoms with Gasteiger partial charge in [0.25, 0.3) is 0 Å². The highest BCUT2D eigenvalue weighted by atomic mass is 16.2. The molecule has 2 rings (SSSR count). The summed E-state index contributed by atoms with van der Waals surface area (Å²) in [4.78, 5) is 2.52. The number of piperidine rings is 2. The highest BCUT2D eigenvalue weighted by molar-refractivity contribution is 5.12. The topological polar surface area (TPSA) is 23.5 Å². The second-order valence-electron chi connectivity index (χ2n) is 3.86. The minimum absolute atomic E-state index is 0.581. The van der Waals surface area contributed by atoms with Crippen LogP contribution in [0.5, 0.6) is 0 Å². The highest BCUT2D eigenvalue weighted by Gasteiger charge is 2.28. The largest absolute Gasteiger partial charge is 0.516 e. The van der Waals surface area contributed by atoms with Crippen molar-refractivity contribution in [2.75, 3.05) is 13.1 Å². The molecule has 2 aliphatic heterocycles. The van der Waals surface area contributed by atoms with Crippen LogP contribution in [0.1, 0.15) is 32.1 Å². The Morgan fingerprint density at radius 3 is 2.92 bits per heavy atom. The molecular weight excluding hydrogens is 150 g/mol. The third-order valence-corrected chi connectivity index (χ3v) is 3.12. The summed E-state index contributed by atoms with van der Waals surface area (Å²) in [5, 5.41) is 9.04. The smallest absolute Gasteiger partial charge is 0.0799 e. The molecule has 12 heavy (non-hydrogen) atoms. The summed E-state index contributed by atoms with van der Waals surface area (Å²) in [5.41, 5.74) is 1.26. The van der Waals surface area contributed by atoms with Gasteiger partial charge in [0, 0.05) is 6.04 Å². The number of rotatable bonds is 0. The molecular formula is C10H17NO. The van der Waals surface area contributed by atoms with Gasteiger partial charge in [-0.15, -0.1) is 0 Å². The molecule has 0 aromatic carbocycles. The summed E-state index contributed by atoms with van der Waals surface area (Å²) >= 11 is 0. The standard InChI is InChI=1S/C10H17NO/c12-8-9-4-3-7-11-6-2-1-5-10(9)11/h8,10,12H,1-7H2/b9-8+/t10-/m1/s1. The Morgan fingerprint density at radius 1 is 1.25 bits per heavy atom. The number of fused-ring (bicyclic) bond motifs is 1. The van der Waals surface area contributed by atoms with E-state index in [0.29, 0.717) is 6.04 Å². The lowest BCUT2D eigenvalue weighted by Crippen LogP contribution is -2.44. The van der Waals surface area contributed by atoms with Gasteiger partial charge >= 0.3 is 0 Å². The fraction of sp³-hybridized carbons (Fsp3) is 0.800. The summed E-state index contributed by atoms with van der Waals surface area (Å²) in [5.74, 6) is 0. The van der Waals surface area contributed by atoms with Crippen LogP contribution in [-0.4, -0.2) is 29.1 Å². The predicted octanol–water partition coefficient (Wildman–Crippen LogP) is 2.08. The van der Waals surface area contributed by atoms with E-state index in [0.717, 1.165) is 6.42 Å². The van der Waals surface area contributed by atoms with E-state index < -0.39 is 0 Å². The zero-order chi connectivity index (χ0) is 8.39. The molecule has 2 aliphatic rings. The fourth-order valence-electron chi connectivity index (χ4n) is 2.48. The molecule has 2 fully saturated rings. The van der Waals surface area contributed by atoms with Gasteiger partial charge in [0.1, 0.15) is 0 Å². The number of aliphatic hydroxyl groups excluding tert-OH is 1. The van der Waals surface area contributed by atoms with Gasteiger partial charge in [-0.3, -0.25) is 4.90 Å². The minimum atomic E-state index is 0.581. The van der Waals surface area contributed by atoms with Gasteiger partial charge in [0.15, 0.2) is 0 Å². The molecule has 1 N–H and O–H groups in total. The molecule has 0 amide bonds. The third-order valence-electron chi connectivity index (χ3n) is 3.12. The average molecular weight is 167 g/mol. The predicted molar refractivity (Wildman–Crippen MR) is 49.2 cm³/mol. The lowest BCUT2D eigenvalue weighted by molar-refractivity contribution is 0.144. The molecule has 0 unspecified atom stereocenters. The first-order valence-corrected chi connectivity index (χ1v) is 4.99. The number of aliphatic hydroxyl groups is 1. The average Bonchev–Trinajstić information content (AvgIpc) is 2.17. The second kappa shape index (κ2) is 3.48. The zero-order valence-electron chi connectivity index (χ0n) is 7.50. The molecule has 0 saturated carbocycles. The van der Waals surface area contributed by atoms with E-state index in [1.165, 1.54) is 50.6 Å². The van der Waals surface area contributed by atoms with E-state index in [1.807, 2.05) is 0 Å². The van der Waals surface area contributed by atoms with Crippen LogP contribution in [0.3, 0.4) is 0 Å². The first-order valence-electron chi connectivity index (χ1n) is 4.99. The van der Waals surface area contributed by atoms with Crippen LogP contribution in [-0.2, 0) is 0 Å². The lowest BCUT2D eigenvalue weighted by Gasteiger charge is -2.40. The summed E-state index contributed by atoms with van der Waals surface area (Å²) in [7, 11) is 0. The molecule has 0 radical (unpaired) electrons. The van der Waals surface area contributed by atoms with Crippen LogP contribution < -0.4 is 0 Å². The van der Waals surface area contributed by atoms with Crippen LogP contribution >= 0.6 is 0 Å². The van der Waals surface area contributed by atoms with E-state index in [-0.39, 0.29) is 0 Å². The summed E-state index contributed by atoms with van der Waals surface area (Å²) < 4.78 is 0. The molecule has 2 saturated heterocycles. The van der Waals surface area contributed by atoms with Crippen LogP contribution in [0, 0.1) is 0 Å². The summed E-state index contributed by atoms with van der Waals surface area (Å²) in [6.07, 6.45) is 7.61. The Morgan fingerprint density at radius 2 is 2.08 bits per heavy atom. The fourth-order valence-corrected chi connectivity index (χ4v) is 2.48. The monoisotopic (exact) mass is 167 g/mol. The van der Waals surface area contributed by atoms with E-state index in [1.54, 1.807) is 0 Å². The van der Waals surface area contributed by atoms with Crippen LogP contribution in [0.25, 0.3) is 0 Å². The van der Waals surface area contributed by atoms with Crippen LogP contribution in [0.15, 0.2) is 11.8 Å². The van der Waals surface area contributed by atoms with Gasteiger partial charge in [-0.25, -0.2) is 0 Å². The molecule has 2 heteroatoms. The van der Waals surface area contributed by atoms with Crippen molar-refractivity contribution in [1.82, 2.24) is 4.90 Å². The van der Waals surface area contributed by atoms with Crippen LogP contribution in [0.4, 0.5) is 0 Å². The van der Waals surface area contributed by atoms with E-state index >= 15 is 0 Å². The first kappa shape index (κ1) is 8.11. The maximum Gasteiger partial charge on any atom is 0.0799 e. The highest BCUT2D eigenvalue weighted by Crippen LogP contribution is 2.29. The van der Waals surface area contributed by atoms with Gasteiger partial charge in [0.2, 0.25) is 0 Å². The number of hydrogen-bond acceptors (Lipinski definition) is 2. The van der Waals surface area contributed by atoms with Gasteiger partial charge in [-0.05, 0) is 44.3 Å². The van der Waals surface area contributed by atoms with E-state index in [2.05, 4.69) is 4.90 Å². The minimum Gasteiger partial charge on any atom is -0.516 e. The molecule has 0 bridgehead atoms. The molecule has 2 nitrogen and oxygen atoms in total. The maximum absolute atomic E-state index is 9.04. The van der Waals surface area contributed by atoms with Crippen molar-refractivity contribution in [2.24, 2.45) is 0 Å². The Labute approximate surface area is 73.9 Å². The van der Waals surface area contributed by atoms with Crippen molar-refractivity contribution in [3.8, 4) is 0 Å². The second-order valence-corrected chi connectivity index (χ2v) is 3.86.